The van der Waals surface area contributed by atoms with Crippen LogP contribution < -0.4 is 14.9 Å². The highest BCUT2D eigenvalue weighted by Crippen LogP contribution is 2.41. The SMILES string of the molecule is [2H]C([2H])([2H])c1ccc(-c2c(C)ccc3c2C(C)(C)c2ccccc2[Si]3(C)C)[n+](C)c1. The third-order valence-corrected chi connectivity index (χ3v) is 9.92. The van der Waals surface area contributed by atoms with Crippen LogP contribution >= 0.6 is 0 Å². The summed E-state index contributed by atoms with van der Waals surface area (Å²) < 4.78 is 25.3. The van der Waals surface area contributed by atoms with E-state index in [0.717, 1.165) is 5.69 Å². The molecular formula is C25H30NSi+. The summed E-state index contributed by atoms with van der Waals surface area (Å²) in [5.41, 5.74) is 6.59. The van der Waals surface area contributed by atoms with Gasteiger partial charge in [-0.2, -0.15) is 0 Å². The van der Waals surface area contributed by atoms with Gasteiger partial charge in [0.05, 0.1) is 5.56 Å². The van der Waals surface area contributed by atoms with E-state index in [-0.39, 0.29) is 5.41 Å². The average molecular weight is 376 g/mol. The summed E-state index contributed by atoms with van der Waals surface area (Å²) >= 11 is 0. The largest absolute Gasteiger partial charge is 0.212 e. The number of pyridine rings is 1. The maximum absolute atomic E-state index is 7.76. The molecular weight excluding hydrogens is 342 g/mol. The zero-order chi connectivity index (χ0) is 22.1. The molecule has 4 rings (SSSR count). The van der Waals surface area contributed by atoms with E-state index >= 15 is 0 Å². The Morgan fingerprint density at radius 1 is 0.963 bits per heavy atom. The lowest BCUT2D eigenvalue weighted by molar-refractivity contribution is -0.660. The van der Waals surface area contributed by atoms with E-state index in [1.165, 1.54) is 32.6 Å². The number of nitrogens with zero attached hydrogens (tertiary/aromatic N) is 1. The van der Waals surface area contributed by atoms with Crippen molar-refractivity contribution in [3.05, 3.63) is 77.0 Å². The number of hydrogen-bond acceptors (Lipinski definition) is 0. The molecule has 1 aliphatic rings. The van der Waals surface area contributed by atoms with Crippen LogP contribution in [0.2, 0.25) is 13.1 Å². The molecule has 0 amide bonds. The maximum Gasteiger partial charge on any atom is 0.212 e. The second-order valence-electron chi connectivity index (χ2n) is 8.89. The van der Waals surface area contributed by atoms with Crippen LogP contribution in [-0.4, -0.2) is 8.07 Å². The number of rotatable bonds is 1. The minimum Gasteiger partial charge on any atom is -0.201 e. The van der Waals surface area contributed by atoms with Crippen molar-refractivity contribution in [1.29, 1.82) is 0 Å². The molecule has 0 unspecified atom stereocenters. The minimum atomic E-state index is -2.10. The molecule has 2 heteroatoms. The molecule has 27 heavy (non-hydrogen) atoms. The van der Waals surface area contributed by atoms with Crippen LogP contribution in [-0.2, 0) is 12.5 Å². The van der Waals surface area contributed by atoms with Gasteiger partial charge in [-0.3, -0.25) is 0 Å². The zero-order valence-electron chi connectivity index (χ0n) is 20.1. The van der Waals surface area contributed by atoms with Crippen LogP contribution in [0.25, 0.3) is 11.3 Å². The number of fused-ring (bicyclic) bond motifs is 2. The zero-order valence-corrected chi connectivity index (χ0v) is 18.1. The standard InChI is InChI=1S/C25H30NSi/c1-17-12-14-20(26(5)16-17)23-18(2)13-15-22-24(23)25(3,4)19-10-8-9-11-21(19)27(22,6)7/h8-16H,1-7H3/q+1/i1D3. The molecule has 0 radical (unpaired) electrons. The Balaban J connectivity index is 2.06. The molecule has 0 saturated carbocycles. The maximum atomic E-state index is 7.76. The predicted octanol–water partition coefficient (Wildman–Crippen LogP) is 4.26. The first-order valence-electron chi connectivity index (χ1n) is 11.1. The van der Waals surface area contributed by atoms with Crippen molar-refractivity contribution in [1.82, 2.24) is 0 Å². The molecule has 0 aliphatic carbocycles. The molecule has 1 aliphatic heterocycles. The quantitative estimate of drug-likeness (QED) is 0.442. The topological polar surface area (TPSA) is 3.88 Å². The van der Waals surface area contributed by atoms with Crippen molar-refractivity contribution < 1.29 is 8.68 Å². The third-order valence-electron chi connectivity index (χ3n) is 6.38. The molecule has 1 aromatic heterocycles. The van der Waals surface area contributed by atoms with Crippen molar-refractivity contribution in [2.24, 2.45) is 7.05 Å². The summed E-state index contributed by atoms with van der Waals surface area (Å²) in [6.07, 6.45) is 1.76. The smallest absolute Gasteiger partial charge is 0.201 e. The van der Waals surface area contributed by atoms with Gasteiger partial charge in [-0.25, -0.2) is 4.57 Å². The molecule has 138 valence electrons. The van der Waals surface area contributed by atoms with E-state index < -0.39 is 14.9 Å². The fourth-order valence-electron chi connectivity index (χ4n) is 4.93. The van der Waals surface area contributed by atoms with Crippen LogP contribution in [0, 0.1) is 13.8 Å². The van der Waals surface area contributed by atoms with Crippen LogP contribution in [0.5, 0.6) is 0 Å². The molecule has 2 aromatic carbocycles. The van der Waals surface area contributed by atoms with Gasteiger partial charge in [0.2, 0.25) is 5.69 Å². The lowest BCUT2D eigenvalue weighted by atomic mass is 9.74. The Kier molecular flexibility index (Phi) is 3.24. The Hall–Kier alpha value is -2.19. The summed E-state index contributed by atoms with van der Waals surface area (Å²) in [6.45, 7) is 9.60. The highest BCUT2D eigenvalue weighted by Gasteiger charge is 2.45. The van der Waals surface area contributed by atoms with Gasteiger partial charge < -0.3 is 0 Å². The molecule has 0 atom stereocenters. The van der Waals surface area contributed by atoms with Crippen molar-refractivity contribution >= 4 is 18.4 Å². The Morgan fingerprint density at radius 3 is 2.41 bits per heavy atom. The second kappa shape index (κ2) is 5.90. The van der Waals surface area contributed by atoms with Crippen LogP contribution in [0.3, 0.4) is 0 Å². The van der Waals surface area contributed by atoms with Gasteiger partial charge in [-0.05, 0) is 41.7 Å². The molecule has 0 spiro atoms. The number of hydrogen-bond donors (Lipinski definition) is 0. The lowest BCUT2D eigenvalue weighted by Crippen LogP contribution is -2.62. The van der Waals surface area contributed by atoms with Gasteiger partial charge in [0, 0.05) is 21.2 Å². The fraction of sp³-hybridized carbons (Fsp3) is 0.320. The summed E-state index contributed by atoms with van der Waals surface area (Å²) in [7, 11) is 0.0888. The first-order chi connectivity index (χ1) is 13.9. The fourth-order valence-corrected chi connectivity index (χ4v) is 8.36. The first kappa shape index (κ1) is 14.8. The normalized spacial score (nSPS) is 18.7. The predicted molar refractivity (Wildman–Crippen MR) is 118 cm³/mol. The molecule has 3 aromatic rings. The Labute approximate surface area is 168 Å². The number of aryl methyl sites for hydroxylation is 3. The Morgan fingerprint density at radius 2 is 1.70 bits per heavy atom. The number of benzene rings is 2. The minimum absolute atomic E-state index is 0.133. The van der Waals surface area contributed by atoms with E-state index in [1.807, 2.05) is 17.7 Å². The number of aromatic nitrogens is 1. The van der Waals surface area contributed by atoms with E-state index in [9.17, 15) is 0 Å². The summed E-state index contributed by atoms with van der Waals surface area (Å²) in [5, 5.41) is 2.99. The Bertz CT molecular complexity index is 1160. The van der Waals surface area contributed by atoms with E-state index in [2.05, 4.69) is 70.3 Å². The molecule has 2 heterocycles. The molecule has 0 saturated heterocycles. The first-order valence-corrected chi connectivity index (χ1v) is 12.6. The lowest BCUT2D eigenvalue weighted by Gasteiger charge is -2.44. The second-order valence-corrected chi connectivity index (χ2v) is 13.2. The van der Waals surface area contributed by atoms with E-state index in [0.29, 0.717) is 5.56 Å². The van der Waals surface area contributed by atoms with Gasteiger partial charge in [-0.1, -0.05) is 68.5 Å². The molecule has 0 fully saturated rings. The van der Waals surface area contributed by atoms with Crippen molar-refractivity contribution in [2.45, 2.75) is 46.1 Å². The summed E-state index contributed by atoms with van der Waals surface area (Å²) in [5.74, 6) is 0. The van der Waals surface area contributed by atoms with Crippen molar-refractivity contribution in [3.63, 3.8) is 0 Å². The highest BCUT2D eigenvalue weighted by molar-refractivity contribution is 7.01. The van der Waals surface area contributed by atoms with Gasteiger partial charge >= 0.3 is 0 Å². The van der Waals surface area contributed by atoms with E-state index in [1.54, 1.807) is 12.3 Å². The van der Waals surface area contributed by atoms with Gasteiger partial charge in [-0.15, -0.1) is 0 Å². The van der Waals surface area contributed by atoms with E-state index in [4.69, 9.17) is 4.11 Å². The van der Waals surface area contributed by atoms with Gasteiger partial charge in [0.25, 0.3) is 0 Å². The summed E-state index contributed by atoms with van der Waals surface area (Å²) in [4.78, 5) is 0. The van der Waals surface area contributed by atoms with Crippen molar-refractivity contribution in [2.75, 3.05) is 0 Å². The molecule has 0 bridgehead atoms. The van der Waals surface area contributed by atoms with Crippen LogP contribution in [0.1, 0.15) is 40.2 Å². The van der Waals surface area contributed by atoms with Crippen molar-refractivity contribution in [3.8, 4) is 11.3 Å². The van der Waals surface area contributed by atoms with Crippen LogP contribution in [0.15, 0.2) is 54.7 Å². The average Bonchev–Trinajstić information content (AvgIpc) is 2.66. The highest BCUT2D eigenvalue weighted by atomic mass is 28.3. The van der Waals surface area contributed by atoms with Gasteiger partial charge in [0.1, 0.15) is 15.1 Å². The monoisotopic (exact) mass is 375 g/mol. The third kappa shape index (κ3) is 2.54. The summed E-state index contributed by atoms with van der Waals surface area (Å²) in [6, 6.07) is 17.2. The molecule has 1 nitrogen and oxygen atoms in total. The van der Waals surface area contributed by atoms with Crippen LogP contribution in [0.4, 0.5) is 0 Å². The van der Waals surface area contributed by atoms with Gasteiger partial charge in [0.15, 0.2) is 6.20 Å². The molecule has 0 N–H and O–H groups in total.